The van der Waals surface area contributed by atoms with Crippen LogP contribution in [0.1, 0.15) is 26.7 Å². The zero-order valence-corrected chi connectivity index (χ0v) is 7.95. The van der Waals surface area contributed by atoms with E-state index in [1.807, 2.05) is 13.0 Å². The molecule has 0 fully saturated rings. The maximum Gasteiger partial charge on any atom is 0.303 e. The van der Waals surface area contributed by atoms with Crippen molar-refractivity contribution < 1.29 is 14.3 Å². The van der Waals surface area contributed by atoms with Crippen LogP contribution >= 0.6 is 0 Å². The largest absolute Gasteiger partial charge is 0.457 e. The fourth-order valence-electron chi connectivity index (χ4n) is 1.45. The number of ether oxygens (including phenoxy) is 1. The third kappa shape index (κ3) is 2.17. The monoisotopic (exact) mass is 182 g/mol. The predicted octanol–water partition coefficient (Wildman–Crippen LogP) is 1.47. The molecule has 0 saturated heterocycles. The summed E-state index contributed by atoms with van der Waals surface area (Å²) in [5.41, 5.74) is -0.541. The van der Waals surface area contributed by atoms with Gasteiger partial charge in [0.1, 0.15) is 12.4 Å². The maximum absolute atomic E-state index is 10.8. The van der Waals surface area contributed by atoms with Gasteiger partial charge in [-0.05, 0) is 25.8 Å². The molecule has 0 aliphatic heterocycles. The van der Waals surface area contributed by atoms with Crippen molar-refractivity contribution in [1.29, 1.82) is 0 Å². The van der Waals surface area contributed by atoms with Gasteiger partial charge in [-0.3, -0.25) is 4.79 Å². The van der Waals surface area contributed by atoms with Gasteiger partial charge in [0.15, 0.2) is 0 Å². The highest BCUT2D eigenvalue weighted by Gasteiger charge is 2.36. The van der Waals surface area contributed by atoms with Crippen LogP contribution in [0.3, 0.4) is 0 Å². The summed E-state index contributed by atoms with van der Waals surface area (Å²) in [6.45, 7) is 3.17. The molecular formula is C10H14O3. The fourth-order valence-corrected chi connectivity index (χ4v) is 1.45. The molecule has 13 heavy (non-hydrogen) atoms. The average molecular weight is 182 g/mol. The summed E-state index contributed by atoms with van der Waals surface area (Å²) >= 11 is 0. The van der Waals surface area contributed by atoms with E-state index < -0.39 is 11.5 Å². The summed E-state index contributed by atoms with van der Waals surface area (Å²) in [4.78, 5) is 21.6. The Morgan fingerprint density at radius 2 is 2.38 bits per heavy atom. The molecule has 0 aromatic carbocycles. The van der Waals surface area contributed by atoms with E-state index in [0.717, 1.165) is 19.1 Å². The first-order valence-corrected chi connectivity index (χ1v) is 4.39. The first kappa shape index (κ1) is 9.96. The van der Waals surface area contributed by atoms with Crippen LogP contribution in [0, 0.1) is 5.41 Å². The molecule has 0 heterocycles. The van der Waals surface area contributed by atoms with Crippen molar-refractivity contribution in [2.24, 2.45) is 5.41 Å². The van der Waals surface area contributed by atoms with Crippen molar-refractivity contribution in [2.45, 2.75) is 32.8 Å². The Kier molecular flexibility index (Phi) is 2.86. The van der Waals surface area contributed by atoms with Crippen LogP contribution in [0.4, 0.5) is 0 Å². The molecule has 1 aliphatic carbocycles. The Bertz CT molecular complexity index is 245. The molecule has 0 bridgehead atoms. The van der Waals surface area contributed by atoms with Crippen LogP contribution in [0.5, 0.6) is 0 Å². The molecule has 0 aromatic heterocycles. The second-order valence-electron chi connectivity index (χ2n) is 3.62. The maximum atomic E-state index is 10.8. The Hall–Kier alpha value is -1.12. The van der Waals surface area contributed by atoms with Crippen molar-refractivity contribution in [1.82, 2.24) is 0 Å². The number of carbonyl (C=O) groups excluding carboxylic acids is 2. The number of hydrogen-bond acceptors (Lipinski definition) is 3. The van der Waals surface area contributed by atoms with Crippen LogP contribution in [0.15, 0.2) is 12.2 Å². The molecule has 0 radical (unpaired) electrons. The summed E-state index contributed by atoms with van der Waals surface area (Å²) < 4.78 is 5.04. The van der Waals surface area contributed by atoms with Gasteiger partial charge in [-0.1, -0.05) is 6.08 Å². The van der Waals surface area contributed by atoms with Crippen LogP contribution in [-0.2, 0) is 14.3 Å². The smallest absolute Gasteiger partial charge is 0.303 e. The van der Waals surface area contributed by atoms with E-state index in [1.54, 1.807) is 6.08 Å². The molecule has 2 atom stereocenters. The van der Waals surface area contributed by atoms with E-state index in [4.69, 9.17) is 4.74 Å². The number of aldehydes is 1. The van der Waals surface area contributed by atoms with Gasteiger partial charge < -0.3 is 9.53 Å². The molecule has 3 heteroatoms. The number of carbonyl (C=O) groups is 2. The van der Waals surface area contributed by atoms with Crippen molar-refractivity contribution in [2.75, 3.05) is 0 Å². The zero-order chi connectivity index (χ0) is 9.90. The highest BCUT2D eigenvalue weighted by atomic mass is 16.5. The standard InChI is InChI=1S/C10H14O3/c1-8(12)13-9-5-3-4-6-10(9,2)7-11/h3,5,7,9H,4,6H2,1-2H3. The summed E-state index contributed by atoms with van der Waals surface area (Å²) in [5.74, 6) is -0.343. The van der Waals surface area contributed by atoms with Crippen LogP contribution in [-0.4, -0.2) is 18.4 Å². The lowest BCUT2D eigenvalue weighted by atomic mass is 9.78. The van der Waals surface area contributed by atoms with Crippen LogP contribution < -0.4 is 0 Å². The molecule has 2 unspecified atom stereocenters. The van der Waals surface area contributed by atoms with Gasteiger partial charge in [-0.25, -0.2) is 0 Å². The van der Waals surface area contributed by atoms with Crippen molar-refractivity contribution >= 4 is 12.3 Å². The molecule has 0 saturated carbocycles. The minimum absolute atomic E-state index is 0.343. The van der Waals surface area contributed by atoms with Crippen molar-refractivity contribution in [3.63, 3.8) is 0 Å². The highest BCUT2D eigenvalue weighted by molar-refractivity contribution is 5.68. The Morgan fingerprint density at radius 1 is 1.69 bits per heavy atom. The van der Waals surface area contributed by atoms with E-state index >= 15 is 0 Å². The van der Waals surface area contributed by atoms with E-state index in [-0.39, 0.29) is 5.97 Å². The van der Waals surface area contributed by atoms with E-state index in [1.165, 1.54) is 6.92 Å². The van der Waals surface area contributed by atoms with Gasteiger partial charge >= 0.3 is 5.97 Å². The minimum atomic E-state index is -0.541. The quantitative estimate of drug-likeness (QED) is 0.369. The Morgan fingerprint density at radius 3 is 2.92 bits per heavy atom. The van der Waals surface area contributed by atoms with Crippen LogP contribution in [0.2, 0.25) is 0 Å². The van der Waals surface area contributed by atoms with Gasteiger partial charge in [0.2, 0.25) is 0 Å². The minimum Gasteiger partial charge on any atom is -0.457 e. The molecule has 0 amide bonds. The molecule has 0 aromatic rings. The van der Waals surface area contributed by atoms with Crippen LogP contribution in [0.25, 0.3) is 0 Å². The molecule has 72 valence electrons. The van der Waals surface area contributed by atoms with Crippen molar-refractivity contribution in [3.8, 4) is 0 Å². The van der Waals surface area contributed by atoms with E-state index in [2.05, 4.69) is 0 Å². The second kappa shape index (κ2) is 3.73. The first-order valence-electron chi connectivity index (χ1n) is 4.39. The number of hydrogen-bond donors (Lipinski definition) is 0. The molecule has 0 N–H and O–H groups in total. The fraction of sp³-hybridized carbons (Fsp3) is 0.600. The van der Waals surface area contributed by atoms with Gasteiger partial charge in [0.05, 0.1) is 5.41 Å². The summed E-state index contributed by atoms with van der Waals surface area (Å²) in [6.07, 6.45) is 5.83. The van der Waals surface area contributed by atoms with E-state index in [0.29, 0.717) is 0 Å². The lowest BCUT2D eigenvalue weighted by Gasteiger charge is -2.32. The molecular weight excluding hydrogens is 168 g/mol. The number of rotatable bonds is 2. The van der Waals surface area contributed by atoms with Gasteiger partial charge in [-0.2, -0.15) is 0 Å². The lowest BCUT2D eigenvalue weighted by Crippen LogP contribution is -2.37. The number of esters is 1. The second-order valence-corrected chi connectivity index (χ2v) is 3.62. The lowest BCUT2D eigenvalue weighted by molar-refractivity contribution is -0.151. The average Bonchev–Trinajstić information content (AvgIpc) is 2.09. The molecule has 0 spiro atoms. The number of allylic oxidation sites excluding steroid dienone is 1. The Labute approximate surface area is 77.8 Å². The zero-order valence-electron chi connectivity index (χ0n) is 7.95. The molecule has 1 aliphatic rings. The first-order chi connectivity index (χ1) is 6.08. The SMILES string of the molecule is CC(=O)OC1C=CCCC1(C)C=O. The Balaban J connectivity index is 2.77. The molecule has 3 nitrogen and oxygen atoms in total. The normalized spacial score (nSPS) is 32.6. The predicted molar refractivity (Wildman–Crippen MR) is 48.1 cm³/mol. The summed E-state index contributed by atoms with van der Waals surface area (Å²) in [7, 11) is 0. The third-order valence-corrected chi connectivity index (χ3v) is 2.37. The topological polar surface area (TPSA) is 43.4 Å². The van der Waals surface area contributed by atoms with Gasteiger partial charge in [0, 0.05) is 6.92 Å². The molecule has 1 rings (SSSR count). The van der Waals surface area contributed by atoms with Gasteiger partial charge in [0.25, 0.3) is 0 Å². The highest BCUT2D eigenvalue weighted by Crippen LogP contribution is 2.32. The van der Waals surface area contributed by atoms with Crippen molar-refractivity contribution in [3.05, 3.63) is 12.2 Å². The van der Waals surface area contributed by atoms with Gasteiger partial charge in [-0.15, -0.1) is 0 Å². The third-order valence-electron chi connectivity index (χ3n) is 2.37. The summed E-state index contributed by atoms with van der Waals surface area (Å²) in [5, 5.41) is 0. The summed E-state index contributed by atoms with van der Waals surface area (Å²) in [6, 6.07) is 0. The van der Waals surface area contributed by atoms with E-state index in [9.17, 15) is 9.59 Å².